The van der Waals surface area contributed by atoms with Crippen molar-refractivity contribution in [3.05, 3.63) is 58.0 Å². The third-order valence-electron chi connectivity index (χ3n) is 3.11. The largest absolute Gasteiger partial charge is 0.419 e. The van der Waals surface area contributed by atoms with E-state index < -0.39 is 22.9 Å². The fourth-order valence-corrected chi connectivity index (χ4v) is 2.12. The van der Waals surface area contributed by atoms with Crippen LogP contribution in [0, 0.1) is 11.3 Å². The third-order valence-corrected chi connectivity index (χ3v) is 3.11. The zero-order valence-electron chi connectivity index (χ0n) is 10.8. The average molecular weight is 304 g/mol. The van der Waals surface area contributed by atoms with Crippen molar-refractivity contribution >= 4 is 5.65 Å². The van der Waals surface area contributed by atoms with E-state index >= 15 is 0 Å². The number of nitrogens with one attached hydrogen (secondary N) is 1. The quantitative estimate of drug-likeness (QED) is 0.751. The summed E-state index contributed by atoms with van der Waals surface area (Å²) in [6, 6.07) is 9.78. The van der Waals surface area contributed by atoms with E-state index in [4.69, 9.17) is 5.26 Å². The SMILES string of the molecule is N#Cc1c(C(F)(F)F)cn2nc(-c3ccccc3)c(=O)[nH]c12. The van der Waals surface area contributed by atoms with Crippen LogP contribution >= 0.6 is 0 Å². The lowest BCUT2D eigenvalue weighted by atomic mass is 10.2. The van der Waals surface area contributed by atoms with Gasteiger partial charge >= 0.3 is 6.18 Å². The molecule has 0 saturated heterocycles. The number of rotatable bonds is 1. The number of nitriles is 1. The van der Waals surface area contributed by atoms with Crippen LogP contribution in [-0.4, -0.2) is 14.6 Å². The lowest BCUT2D eigenvalue weighted by Crippen LogP contribution is -2.14. The minimum absolute atomic E-state index is 0.0266. The summed E-state index contributed by atoms with van der Waals surface area (Å²) < 4.78 is 39.6. The fourth-order valence-electron chi connectivity index (χ4n) is 2.12. The number of aromatic amines is 1. The van der Waals surface area contributed by atoms with Crippen LogP contribution in [0.5, 0.6) is 0 Å². The van der Waals surface area contributed by atoms with Gasteiger partial charge in [0.15, 0.2) is 11.3 Å². The first-order valence-corrected chi connectivity index (χ1v) is 6.10. The first kappa shape index (κ1) is 13.9. The molecule has 0 saturated carbocycles. The molecular weight excluding hydrogens is 297 g/mol. The summed E-state index contributed by atoms with van der Waals surface area (Å²) in [5.41, 5.74) is -2.30. The first-order chi connectivity index (χ1) is 10.4. The van der Waals surface area contributed by atoms with Gasteiger partial charge in [0.2, 0.25) is 0 Å². The Bertz CT molecular complexity index is 948. The predicted molar refractivity (Wildman–Crippen MR) is 71.0 cm³/mol. The number of aromatic nitrogens is 3. The first-order valence-electron chi connectivity index (χ1n) is 6.10. The Hall–Kier alpha value is -3.08. The van der Waals surface area contributed by atoms with Crippen LogP contribution in [0.2, 0.25) is 0 Å². The monoisotopic (exact) mass is 304 g/mol. The molecule has 2 aromatic heterocycles. The number of benzene rings is 1. The highest BCUT2D eigenvalue weighted by molar-refractivity contribution is 5.63. The van der Waals surface area contributed by atoms with E-state index in [1.807, 2.05) is 0 Å². The number of fused-ring (bicyclic) bond motifs is 1. The molecule has 8 heteroatoms. The van der Waals surface area contributed by atoms with Crippen LogP contribution in [0.15, 0.2) is 41.3 Å². The molecule has 0 atom stereocenters. The highest BCUT2D eigenvalue weighted by Gasteiger charge is 2.36. The Morgan fingerprint density at radius 3 is 2.50 bits per heavy atom. The molecular formula is C14H7F3N4O. The lowest BCUT2D eigenvalue weighted by Gasteiger charge is -2.01. The molecule has 0 aliphatic rings. The van der Waals surface area contributed by atoms with Crippen molar-refractivity contribution in [1.82, 2.24) is 14.6 Å². The fraction of sp³-hybridized carbons (Fsp3) is 0.0714. The molecule has 0 fully saturated rings. The maximum absolute atomic E-state index is 12.9. The van der Waals surface area contributed by atoms with Gasteiger partial charge in [0, 0.05) is 11.8 Å². The average Bonchev–Trinajstić information content (AvgIpc) is 2.85. The van der Waals surface area contributed by atoms with E-state index in [1.54, 1.807) is 30.3 Å². The molecule has 2 heterocycles. The number of halogens is 3. The van der Waals surface area contributed by atoms with E-state index in [9.17, 15) is 18.0 Å². The van der Waals surface area contributed by atoms with Crippen molar-refractivity contribution in [2.75, 3.05) is 0 Å². The van der Waals surface area contributed by atoms with Crippen LogP contribution in [0.3, 0.4) is 0 Å². The Kier molecular flexibility index (Phi) is 2.99. The highest BCUT2D eigenvalue weighted by atomic mass is 19.4. The molecule has 0 unspecified atom stereocenters. The minimum atomic E-state index is -4.71. The summed E-state index contributed by atoms with van der Waals surface area (Å²) in [5, 5.41) is 12.8. The van der Waals surface area contributed by atoms with Gasteiger partial charge in [-0.25, -0.2) is 4.52 Å². The maximum atomic E-state index is 12.9. The third kappa shape index (κ3) is 2.13. The van der Waals surface area contributed by atoms with Gasteiger partial charge in [0.25, 0.3) is 5.56 Å². The van der Waals surface area contributed by atoms with Crippen LogP contribution in [0.25, 0.3) is 16.9 Å². The van der Waals surface area contributed by atoms with Crippen molar-refractivity contribution in [2.45, 2.75) is 6.18 Å². The summed E-state index contributed by atoms with van der Waals surface area (Å²) in [6.45, 7) is 0. The minimum Gasteiger partial charge on any atom is -0.304 e. The second kappa shape index (κ2) is 4.73. The van der Waals surface area contributed by atoms with Crippen molar-refractivity contribution in [3.8, 4) is 17.3 Å². The van der Waals surface area contributed by atoms with E-state index in [-0.39, 0.29) is 11.3 Å². The molecule has 0 aliphatic heterocycles. The van der Waals surface area contributed by atoms with E-state index in [1.165, 1.54) is 6.07 Å². The Morgan fingerprint density at radius 1 is 1.23 bits per heavy atom. The zero-order valence-corrected chi connectivity index (χ0v) is 10.8. The molecule has 0 amide bonds. The predicted octanol–water partition coefficient (Wildman–Crippen LogP) is 2.58. The normalized spacial score (nSPS) is 11.5. The highest BCUT2D eigenvalue weighted by Crippen LogP contribution is 2.33. The van der Waals surface area contributed by atoms with Gasteiger partial charge in [-0.05, 0) is 0 Å². The molecule has 0 spiro atoms. The Morgan fingerprint density at radius 2 is 1.91 bits per heavy atom. The summed E-state index contributed by atoms with van der Waals surface area (Å²) in [7, 11) is 0. The summed E-state index contributed by atoms with van der Waals surface area (Å²) >= 11 is 0. The van der Waals surface area contributed by atoms with Gasteiger partial charge in [-0.3, -0.25) is 4.79 Å². The standard InChI is InChI=1S/C14H7F3N4O/c15-14(16,17)10-7-21-12(9(10)6-18)19-13(22)11(20-21)8-4-2-1-3-5-8/h1-5,7H,(H,19,22). The Labute approximate surface area is 121 Å². The molecule has 0 radical (unpaired) electrons. The topological polar surface area (TPSA) is 74.0 Å². The van der Waals surface area contributed by atoms with Gasteiger partial charge in [-0.2, -0.15) is 23.5 Å². The van der Waals surface area contributed by atoms with Gasteiger partial charge < -0.3 is 4.98 Å². The van der Waals surface area contributed by atoms with E-state index in [0.29, 0.717) is 11.8 Å². The molecule has 1 N–H and O–H groups in total. The van der Waals surface area contributed by atoms with Gasteiger partial charge in [-0.15, -0.1) is 0 Å². The van der Waals surface area contributed by atoms with Crippen molar-refractivity contribution < 1.29 is 13.2 Å². The van der Waals surface area contributed by atoms with Crippen LogP contribution < -0.4 is 5.56 Å². The van der Waals surface area contributed by atoms with Crippen LogP contribution in [0.4, 0.5) is 13.2 Å². The van der Waals surface area contributed by atoms with Gasteiger partial charge in [0.1, 0.15) is 11.6 Å². The summed E-state index contributed by atoms with van der Waals surface area (Å²) in [5.74, 6) is 0. The molecule has 0 aliphatic carbocycles. The van der Waals surface area contributed by atoms with Crippen LogP contribution in [-0.2, 0) is 6.18 Å². The molecule has 5 nitrogen and oxygen atoms in total. The Balaban J connectivity index is 2.33. The second-order valence-electron chi connectivity index (χ2n) is 4.49. The van der Waals surface area contributed by atoms with Crippen LogP contribution in [0.1, 0.15) is 11.1 Å². The molecule has 0 bridgehead atoms. The number of nitrogens with zero attached hydrogens (tertiary/aromatic N) is 3. The molecule has 1 aromatic carbocycles. The lowest BCUT2D eigenvalue weighted by molar-refractivity contribution is -0.137. The smallest absolute Gasteiger partial charge is 0.304 e. The maximum Gasteiger partial charge on any atom is 0.419 e. The van der Waals surface area contributed by atoms with Crippen molar-refractivity contribution in [2.24, 2.45) is 0 Å². The van der Waals surface area contributed by atoms with Crippen molar-refractivity contribution in [3.63, 3.8) is 0 Å². The summed E-state index contributed by atoms with van der Waals surface area (Å²) in [4.78, 5) is 14.3. The number of hydrogen-bond donors (Lipinski definition) is 1. The van der Waals surface area contributed by atoms with Gasteiger partial charge in [-0.1, -0.05) is 30.3 Å². The molecule has 22 heavy (non-hydrogen) atoms. The molecule has 110 valence electrons. The second-order valence-corrected chi connectivity index (χ2v) is 4.49. The van der Waals surface area contributed by atoms with E-state index in [0.717, 1.165) is 4.52 Å². The molecule has 3 rings (SSSR count). The van der Waals surface area contributed by atoms with Crippen molar-refractivity contribution in [1.29, 1.82) is 5.26 Å². The van der Waals surface area contributed by atoms with E-state index in [2.05, 4.69) is 10.1 Å². The number of H-pyrrole nitrogens is 1. The zero-order chi connectivity index (χ0) is 15.9. The molecule has 3 aromatic rings. The number of alkyl halides is 3. The number of hydrogen-bond acceptors (Lipinski definition) is 3. The summed E-state index contributed by atoms with van der Waals surface area (Å²) in [6.07, 6.45) is -4.02. The van der Waals surface area contributed by atoms with Gasteiger partial charge in [0.05, 0.1) is 5.56 Å².